The van der Waals surface area contributed by atoms with Gasteiger partial charge in [-0.2, -0.15) is 0 Å². The molecule has 2 heterocycles. The first-order chi connectivity index (χ1) is 19.6. The molecule has 2 aliphatic rings. The summed E-state index contributed by atoms with van der Waals surface area (Å²) < 4.78 is 6.24. The van der Waals surface area contributed by atoms with Gasteiger partial charge in [-0.05, 0) is 99.8 Å². The van der Waals surface area contributed by atoms with Crippen LogP contribution in [0.3, 0.4) is 0 Å². The summed E-state index contributed by atoms with van der Waals surface area (Å²) in [6.07, 6.45) is 5.55. The molecule has 1 amide bonds. The fourth-order valence-electron chi connectivity index (χ4n) is 5.33. The molecule has 0 spiro atoms. The number of nitrogens with one attached hydrogen (secondary N) is 1. The number of rotatable bonds is 9. The Bertz CT molecular complexity index is 1300. The fourth-order valence-corrected chi connectivity index (χ4v) is 5.56. The molecule has 3 aromatic rings. The van der Waals surface area contributed by atoms with Gasteiger partial charge in [0.1, 0.15) is 11.9 Å². The molecule has 1 N–H and O–H groups in total. The van der Waals surface area contributed by atoms with Gasteiger partial charge in [0.25, 0.3) is 5.91 Å². The van der Waals surface area contributed by atoms with Crippen molar-refractivity contribution in [2.24, 2.45) is 0 Å². The zero-order valence-corrected chi connectivity index (χ0v) is 23.8. The van der Waals surface area contributed by atoms with Crippen molar-refractivity contribution in [3.8, 4) is 17.6 Å². The van der Waals surface area contributed by atoms with E-state index in [0.717, 1.165) is 56.6 Å². The lowest BCUT2D eigenvalue weighted by Crippen LogP contribution is -2.37. The number of hydrogen-bond donors (Lipinski definition) is 1. The highest BCUT2D eigenvalue weighted by Gasteiger charge is 2.22. The van der Waals surface area contributed by atoms with Crippen LogP contribution in [0.15, 0.2) is 72.8 Å². The SMILES string of the molecule is O=C(NCCCN1CCCC1)c1ccc(OC2CCN(Cc3ccc(C#Cc4ccccc4)cc3)CC2)c(Cl)c1. The summed E-state index contributed by atoms with van der Waals surface area (Å²) in [4.78, 5) is 17.5. The highest BCUT2D eigenvalue weighted by molar-refractivity contribution is 6.32. The maximum absolute atomic E-state index is 12.6. The molecule has 0 radical (unpaired) electrons. The first kappa shape index (κ1) is 28.2. The number of carbonyl (C=O) groups excluding carboxylic acids is 1. The number of carbonyl (C=O) groups is 1. The number of amides is 1. The molecule has 3 aromatic carbocycles. The van der Waals surface area contributed by atoms with Gasteiger partial charge in [0.15, 0.2) is 0 Å². The van der Waals surface area contributed by atoms with E-state index in [1.165, 1.54) is 31.5 Å². The van der Waals surface area contributed by atoms with E-state index in [4.69, 9.17) is 16.3 Å². The van der Waals surface area contributed by atoms with E-state index in [-0.39, 0.29) is 12.0 Å². The van der Waals surface area contributed by atoms with E-state index in [2.05, 4.69) is 51.2 Å². The molecule has 208 valence electrons. The second kappa shape index (κ2) is 14.4. The van der Waals surface area contributed by atoms with Crippen LogP contribution in [0, 0.1) is 11.8 Å². The Labute approximate surface area is 243 Å². The third-order valence-electron chi connectivity index (χ3n) is 7.64. The van der Waals surface area contributed by atoms with Gasteiger partial charge in [-0.25, -0.2) is 0 Å². The Morgan fingerprint density at radius 3 is 2.27 bits per heavy atom. The molecule has 40 heavy (non-hydrogen) atoms. The molecule has 0 unspecified atom stereocenters. The summed E-state index contributed by atoms with van der Waals surface area (Å²) >= 11 is 6.51. The van der Waals surface area contributed by atoms with E-state index in [1.807, 2.05) is 36.4 Å². The molecule has 6 heteroatoms. The molecule has 0 bridgehead atoms. The number of likely N-dealkylation sites (tertiary alicyclic amines) is 2. The minimum absolute atomic E-state index is 0.0838. The summed E-state index contributed by atoms with van der Waals surface area (Å²) in [6, 6.07) is 23.9. The van der Waals surface area contributed by atoms with Crippen molar-refractivity contribution in [2.45, 2.75) is 44.8 Å². The molecule has 0 atom stereocenters. The summed E-state index contributed by atoms with van der Waals surface area (Å²) in [5, 5.41) is 3.50. The Morgan fingerprint density at radius 2 is 1.57 bits per heavy atom. The Hall–Kier alpha value is -3.30. The monoisotopic (exact) mass is 555 g/mol. The maximum atomic E-state index is 12.6. The largest absolute Gasteiger partial charge is 0.489 e. The second-order valence-corrected chi connectivity index (χ2v) is 11.1. The summed E-state index contributed by atoms with van der Waals surface area (Å²) in [5.41, 5.74) is 3.92. The summed E-state index contributed by atoms with van der Waals surface area (Å²) in [6.45, 7) is 6.94. The third-order valence-corrected chi connectivity index (χ3v) is 7.94. The van der Waals surface area contributed by atoms with Gasteiger partial charge in [-0.3, -0.25) is 9.69 Å². The molecular weight excluding hydrogens is 518 g/mol. The van der Waals surface area contributed by atoms with Gasteiger partial charge < -0.3 is 15.0 Å². The molecule has 5 nitrogen and oxygen atoms in total. The lowest BCUT2D eigenvalue weighted by Gasteiger charge is -2.32. The van der Waals surface area contributed by atoms with Crippen molar-refractivity contribution in [1.29, 1.82) is 0 Å². The van der Waals surface area contributed by atoms with E-state index >= 15 is 0 Å². The topological polar surface area (TPSA) is 44.8 Å². The van der Waals surface area contributed by atoms with Crippen molar-refractivity contribution in [3.05, 3.63) is 100 Å². The van der Waals surface area contributed by atoms with Crippen LogP contribution in [0.1, 0.15) is 59.2 Å². The van der Waals surface area contributed by atoms with Crippen LogP contribution in [-0.4, -0.2) is 61.1 Å². The van der Waals surface area contributed by atoms with Crippen LogP contribution in [0.4, 0.5) is 0 Å². The van der Waals surface area contributed by atoms with Crippen molar-refractivity contribution in [3.63, 3.8) is 0 Å². The first-order valence-corrected chi connectivity index (χ1v) is 14.9. The van der Waals surface area contributed by atoms with Crippen LogP contribution in [-0.2, 0) is 6.54 Å². The third kappa shape index (κ3) is 8.35. The first-order valence-electron chi connectivity index (χ1n) is 14.5. The average molecular weight is 556 g/mol. The molecular formula is C34H38ClN3O2. The second-order valence-electron chi connectivity index (χ2n) is 10.7. The zero-order chi connectivity index (χ0) is 27.6. The molecule has 2 saturated heterocycles. The maximum Gasteiger partial charge on any atom is 0.251 e. The summed E-state index contributed by atoms with van der Waals surface area (Å²) in [7, 11) is 0. The number of ether oxygens (including phenoxy) is 1. The highest BCUT2D eigenvalue weighted by atomic mass is 35.5. The molecule has 2 fully saturated rings. The van der Waals surface area contributed by atoms with Crippen LogP contribution >= 0.6 is 11.6 Å². The quantitative estimate of drug-likeness (QED) is 0.260. The minimum atomic E-state index is -0.0838. The number of nitrogens with zero attached hydrogens (tertiary/aromatic N) is 2. The zero-order valence-electron chi connectivity index (χ0n) is 23.1. The summed E-state index contributed by atoms with van der Waals surface area (Å²) in [5.74, 6) is 7.02. The average Bonchev–Trinajstić information content (AvgIpc) is 3.51. The van der Waals surface area contributed by atoms with Gasteiger partial charge >= 0.3 is 0 Å². The standard InChI is InChI=1S/C34H38ClN3O2/c35-32-25-30(34(39)36-19-6-22-37-20-4-5-21-37)15-16-33(32)40-31-17-23-38(24-18-31)26-29-13-11-28(12-14-29)10-9-27-7-2-1-3-8-27/h1-3,7-8,11-16,25,31H,4-6,17-24,26H2,(H,36,39). The molecule has 0 saturated carbocycles. The van der Waals surface area contributed by atoms with Crippen molar-refractivity contribution in [2.75, 3.05) is 39.3 Å². The molecule has 2 aliphatic heterocycles. The normalized spacial score (nSPS) is 16.3. The van der Waals surface area contributed by atoms with E-state index in [1.54, 1.807) is 12.1 Å². The Kier molecular flexibility index (Phi) is 10.1. The van der Waals surface area contributed by atoms with Crippen molar-refractivity contribution in [1.82, 2.24) is 15.1 Å². The number of piperidine rings is 1. The number of benzene rings is 3. The minimum Gasteiger partial charge on any atom is -0.489 e. The Morgan fingerprint density at radius 1 is 0.875 bits per heavy atom. The van der Waals surface area contributed by atoms with Crippen LogP contribution < -0.4 is 10.1 Å². The number of halogens is 1. The lowest BCUT2D eigenvalue weighted by atomic mass is 10.1. The van der Waals surface area contributed by atoms with Gasteiger partial charge in [0.05, 0.1) is 5.02 Å². The van der Waals surface area contributed by atoms with Gasteiger partial charge in [0, 0.05) is 42.9 Å². The van der Waals surface area contributed by atoms with Gasteiger partial charge in [-0.1, -0.05) is 53.8 Å². The van der Waals surface area contributed by atoms with Crippen molar-refractivity contribution >= 4 is 17.5 Å². The van der Waals surface area contributed by atoms with E-state index < -0.39 is 0 Å². The highest BCUT2D eigenvalue weighted by Crippen LogP contribution is 2.29. The molecule has 5 rings (SSSR count). The number of hydrogen-bond acceptors (Lipinski definition) is 4. The molecule has 0 aromatic heterocycles. The van der Waals surface area contributed by atoms with Crippen LogP contribution in [0.5, 0.6) is 5.75 Å². The smallest absolute Gasteiger partial charge is 0.251 e. The molecule has 0 aliphatic carbocycles. The van der Waals surface area contributed by atoms with Gasteiger partial charge in [-0.15, -0.1) is 0 Å². The van der Waals surface area contributed by atoms with Gasteiger partial charge in [0.2, 0.25) is 0 Å². The van der Waals surface area contributed by atoms with Crippen LogP contribution in [0.2, 0.25) is 5.02 Å². The van der Waals surface area contributed by atoms with E-state index in [9.17, 15) is 4.79 Å². The fraction of sp³-hybridized carbons (Fsp3) is 0.382. The Balaban J connectivity index is 1.03. The van der Waals surface area contributed by atoms with Crippen LogP contribution in [0.25, 0.3) is 0 Å². The predicted octanol–water partition coefficient (Wildman–Crippen LogP) is 6.00. The predicted molar refractivity (Wildman–Crippen MR) is 162 cm³/mol. The van der Waals surface area contributed by atoms with Crippen molar-refractivity contribution < 1.29 is 9.53 Å². The lowest BCUT2D eigenvalue weighted by molar-refractivity contribution is 0.0949. The van der Waals surface area contributed by atoms with E-state index in [0.29, 0.717) is 22.9 Å².